The van der Waals surface area contributed by atoms with Gasteiger partial charge in [-0.1, -0.05) is 6.58 Å². The second-order valence-corrected chi connectivity index (χ2v) is 4.54. The van der Waals surface area contributed by atoms with E-state index in [4.69, 9.17) is 14.2 Å². The van der Waals surface area contributed by atoms with Crippen LogP contribution in [0.5, 0.6) is 5.75 Å². The Bertz CT molecular complexity index is 629. The average Bonchev–Trinajstić information content (AvgIpc) is 2.79. The van der Waals surface area contributed by atoms with Crippen molar-refractivity contribution in [3.8, 4) is 5.75 Å². The predicted molar refractivity (Wildman–Crippen MR) is 71.2 cm³/mol. The lowest BCUT2D eigenvalue weighted by Gasteiger charge is -2.27. The van der Waals surface area contributed by atoms with Gasteiger partial charge >= 0.3 is 0 Å². The minimum absolute atomic E-state index is 0.153. The second-order valence-electron chi connectivity index (χ2n) is 4.54. The van der Waals surface area contributed by atoms with E-state index >= 15 is 0 Å². The summed E-state index contributed by atoms with van der Waals surface area (Å²) >= 11 is 0. The number of pyridine rings is 1. The SMILES string of the molecule is C=C(OC)c1cnn2c(C)c(OC3COC3)ccc12. The number of rotatable bonds is 4. The first kappa shape index (κ1) is 12.0. The van der Waals surface area contributed by atoms with Crippen LogP contribution in [0.2, 0.25) is 0 Å². The normalized spacial score (nSPS) is 15.3. The Morgan fingerprint density at radius 2 is 2.26 bits per heavy atom. The highest BCUT2D eigenvalue weighted by Gasteiger charge is 2.21. The number of hydrogen-bond donors (Lipinski definition) is 0. The molecule has 0 aromatic carbocycles. The lowest BCUT2D eigenvalue weighted by molar-refractivity contribution is -0.0800. The van der Waals surface area contributed by atoms with Crippen LogP contribution < -0.4 is 4.74 Å². The van der Waals surface area contributed by atoms with Crippen LogP contribution in [0, 0.1) is 6.92 Å². The van der Waals surface area contributed by atoms with E-state index in [2.05, 4.69) is 11.7 Å². The van der Waals surface area contributed by atoms with E-state index in [9.17, 15) is 0 Å². The Morgan fingerprint density at radius 3 is 2.89 bits per heavy atom. The zero-order valence-electron chi connectivity index (χ0n) is 11.0. The maximum Gasteiger partial charge on any atom is 0.145 e. The third kappa shape index (κ3) is 1.96. The lowest BCUT2D eigenvalue weighted by atomic mass is 10.2. The van der Waals surface area contributed by atoms with Crippen molar-refractivity contribution in [2.24, 2.45) is 0 Å². The molecule has 1 saturated heterocycles. The highest BCUT2D eigenvalue weighted by Crippen LogP contribution is 2.26. The zero-order valence-corrected chi connectivity index (χ0v) is 11.0. The van der Waals surface area contributed by atoms with Crippen molar-refractivity contribution in [3.05, 3.63) is 36.2 Å². The molecule has 0 N–H and O–H groups in total. The minimum Gasteiger partial charge on any atom is -0.497 e. The standard InChI is InChI=1S/C14H16N2O3/c1-9-14(19-11-7-18-8-11)5-4-13-12(10(2)17-3)6-15-16(9)13/h4-6,11H,2,7-8H2,1,3H3. The summed E-state index contributed by atoms with van der Waals surface area (Å²) in [7, 11) is 1.60. The molecule has 5 heteroatoms. The summed E-state index contributed by atoms with van der Waals surface area (Å²) in [5.74, 6) is 1.44. The molecule has 0 amide bonds. The van der Waals surface area contributed by atoms with E-state index in [1.54, 1.807) is 13.3 Å². The van der Waals surface area contributed by atoms with Crippen LogP contribution in [0.1, 0.15) is 11.3 Å². The first-order valence-corrected chi connectivity index (χ1v) is 6.15. The first-order valence-electron chi connectivity index (χ1n) is 6.15. The topological polar surface area (TPSA) is 45.0 Å². The summed E-state index contributed by atoms with van der Waals surface area (Å²) in [5, 5.41) is 4.36. The number of fused-ring (bicyclic) bond motifs is 1. The number of aryl methyl sites for hydroxylation is 1. The molecule has 0 spiro atoms. The number of hydrogen-bond acceptors (Lipinski definition) is 4. The average molecular weight is 260 g/mol. The van der Waals surface area contributed by atoms with Gasteiger partial charge in [0.25, 0.3) is 0 Å². The van der Waals surface area contributed by atoms with Gasteiger partial charge in [0.2, 0.25) is 0 Å². The molecule has 0 aliphatic carbocycles. The van der Waals surface area contributed by atoms with Gasteiger partial charge < -0.3 is 14.2 Å². The fourth-order valence-corrected chi connectivity index (χ4v) is 2.08. The highest BCUT2D eigenvalue weighted by molar-refractivity contribution is 5.74. The van der Waals surface area contributed by atoms with Crippen molar-refractivity contribution in [2.75, 3.05) is 20.3 Å². The predicted octanol–water partition coefficient (Wildman–Crippen LogP) is 2.04. The number of nitrogens with zero attached hydrogens (tertiary/aromatic N) is 2. The Hall–Kier alpha value is -2.01. The lowest BCUT2D eigenvalue weighted by Crippen LogP contribution is -2.38. The van der Waals surface area contributed by atoms with Gasteiger partial charge in [0.15, 0.2) is 0 Å². The van der Waals surface area contributed by atoms with Gasteiger partial charge in [-0.3, -0.25) is 0 Å². The third-order valence-electron chi connectivity index (χ3n) is 3.32. The summed E-state index contributed by atoms with van der Waals surface area (Å²) in [6.07, 6.45) is 1.91. The molecule has 1 fully saturated rings. The van der Waals surface area contributed by atoms with Gasteiger partial charge in [-0.2, -0.15) is 5.10 Å². The molecule has 0 saturated carbocycles. The molecule has 3 heterocycles. The van der Waals surface area contributed by atoms with E-state index in [1.165, 1.54) is 0 Å². The second kappa shape index (κ2) is 4.59. The molecule has 19 heavy (non-hydrogen) atoms. The highest BCUT2D eigenvalue weighted by atomic mass is 16.6. The monoisotopic (exact) mass is 260 g/mol. The molecule has 0 atom stereocenters. The summed E-state index contributed by atoms with van der Waals surface area (Å²) in [6.45, 7) is 7.16. The molecule has 2 aromatic rings. The van der Waals surface area contributed by atoms with Crippen LogP contribution in [0.25, 0.3) is 11.3 Å². The van der Waals surface area contributed by atoms with Crippen molar-refractivity contribution in [3.63, 3.8) is 0 Å². The molecular weight excluding hydrogens is 244 g/mol. The molecular formula is C14H16N2O3. The largest absolute Gasteiger partial charge is 0.497 e. The van der Waals surface area contributed by atoms with Gasteiger partial charge in [0.05, 0.1) is 43.3 Å². The smallest absolute Gasteiger partial charge is 0.145 e. The molecule has 0 bridgehead atoms. The van der Waals surface area contributed by atoms with E-state index in [0.717, 1.165) is 22.5 Å². The van der Waals surface area contributed by atoms with Gasteiger partial charge in [0.1, 0.15) is 17.6 Å². The zero-order chi connectivity index (χ0) is 13.4. The molecule has 2 aromatic heterocycles. The van der Waals surface area contributed by atoms with E-state index in [1.807, 2.05) is 23.6 Å². The quantitative estimate of drug-likeness (QED) is 0.789. The van der Waals surface area contributed by atoms with E-state index in [-0.39, 0.29) is 6.10 Å². The van der Waals surface area contributed by atoms with Crippen LogP contribution >= 0.6 is 0 Å². The molecule has 0 unspecified atom stereocenters. The molecule has 1 aliphatic rings. The van der Waals surface area contributed by atoms with Crippen LogP contribution in [0.4, 0.5) is 0 Å². The van der Waals surface area contributed by atoms with Crippen LogP contribution in [-0.4, -0.2) is 36.0 Å². The van der Waals surface area contributed by atoms with Crippen molar-refractivity contribution >= 4 is 11.3 Å². The molecule has 1 aliphatic heterocycles. The molecule has 100 valence electrons. The summed E-state index contributed by atoms with van der Waals surface area (Å²) in [5.41, 5.74) is 2.81. The summed E-state index contributed by atoms with van der Waals surface area (Å²) < 4.78 is 18.0. The number of aromatic nitrogens is 2. The van der Waals surface area contributed by atoms with Crippen LogP contribution in [-0.2, 0) is 9.47 Å². The van der Waals surface area contributed by atoms with E-state index < -0.39 is 0 Å². The Morgan fingerprint density at radius 1 is 1.47 bits per heavy atom. The Labute approximate surface area is 111 Å². The van der Waals surface area contributed by atoms with Crippen LogP contribution in [0.15, 0.2) is 24.9 Å². The fraction of sp³-hybridized carbons (Fsp3) is 0.357. The van der Waals surface area contributed by atoms with Crippen LogP contribution in [0.3, 0.4) is 0 Å². The van der Waals surface area contributed by atoms with Crippen molar-refractivity contribution < 1.29 is 14.2 Å². The van der Waals surface area contributed by atoms with Gasteiger partial charge in [-0.15, -0.1) is 0 Å². The minimum atomic E-state index is 0.153. The third-order valence-corrected chi connectivity index (χ3v) is 3.32. The summed E-state index contributed by atoms with van der Waals surface area (Å²) in [4.78, 5) is 0. The van der Waals surface area contributed by atoms with Crippen molar-refractivity contribution in [1.29, 1.82) is 0 Å². The molecule has 0 radical (unpaired) electrons. The maximum absolute atomic E-state index is 5.85. The molecule has 3 rings (SSSR count). The molecule has 5 nitrogen and oxygen atoms in total. The number of methoxy groups -OCH3 is 1. The van der Waals surface area contributed by atoms with Gasteiger partial charge in [0, 0.05) is 0 Å². The summed E-state index contributed by atoms with van der Waals surface area (Å²) in [6, 6.07) is 3.92. The first-order chi connectivity index (χ1) is 9.20. The Kier molecular flexibility index (Phi) is 2.91. The maximum atomic E-state index is 5.85. The number of ether oxygens (including phenoxy) is 3. The Balaban J connectivity index is 2.00. The van der Waals surface area contributed by atoms with E-state index in [0.29, 0.717) is 19.0 Å². The fourth-order valence-electron chi connectivity index (χ4n) is 2.08. The van der Waals surface area contributed by atoms with Crippen molar-refractivity contribution in [1.82, 2.24) is 9.61 Å². The van der Waals surface area contributed by atoms with Crippen molar-refractivity contribution in [2.45, 2.75) is 13.0 Å². The van der Waals surface area contributed by atoms with Gasteiger partial charge in [-0.05, 0) is 19.1 Å². The van der Waals surface area contributed by atoms with Gasteiger partial charge in [-0.25, -0.2) is 4.52 Å².